The highest BCUT2D eigenvalue weighted by Gasteiger charge is 2.28. The molecule has 148 valence electrons. The first-order chi connectivity index (χ1) is 11.2. The van der Waals surface area contributed by atoms with Crippen molar-refractivity contribution in [1.29, 1.82) is 0 Å². The summed E-state index contributed by atoms with van der Waals surface area (Å²) in [6.45, 7) is 6.82. The van der Waals surface area contributed by atoms with E-state index in [-0.39, 0.29) is 24.0 Å². The van der Waals surface area contributed by atoms with Gasteiger partial charge in [0, 0.05) is 32.7 Å². The Hall–Kier alpha value is -0.0900. The van der Waals surface area contributed by atoms with Crippen LogP contribution in [0, 0.1) is 11.3 Å². The summed E-state index contributed by atoms with van der Waals surface area (Å²) >= 11 is 0. The van der Waals surface area contributed by atoms with E-state index in [4.69, 9.17) is 0 Å². The highest BCUT2D eigenvalue weighted by molar-refractivity contribution is 14.0. The van der Waals surface area contributed by atoms with Gasteiger partial charge in [0.15, 0.2) is 5.96 Å². The number of aliphatic imine (C=N–C) groups is 1. The van der Waals surface area contributed by atoms with Crippen LogP contribution >= 0.6 is 24.0 Å². The van der Waals surface area contributed by atoms with E-state index in [0.717, 1.165) is 25.3 Å². The van der Waals surface area contributed by atoms with Crippen molar-refractivity contribution < 1.29 is 8.42 Å². The van der Waals surface area contributed by atoms with Crippen LogP contribution in [0.1, 0.15) is 52.4 Å². The molecule has 2 N–H and O–H groups in total. The molecule has 1 aliphatic carbocycles. The first kappa shape index (κ1) is 23.0. The zero-order valence-corrected chi connectivity index (χ0v) is 19.2. The van der Waals surface area contributed by atoms with Crippen molar-refractivity contribution in [2.24, 2.45) is 16.3 Å². The van der Waals surface area contributed by atoms with E-state index in [1.165, 1.54) is 31.9 Å². The minimum Gasteiger partial charge on any atom is -0.356 e. The summed E-state index contributed by atoms with van der Waals surface area (Å²) < 4.78 is 24.7. The Morgan fingerprint density at radius 2 is 1.72 bits per heavy atom. The first-order valence-electron chi connectivity index (χ1n) is 9.12. The van der Waals surface area contributed by atoms with Crippen molar-refractivity contribution in [3.63, 3.8) is 0 Å². The molecule has 8 heteroatoms. The van der Waals surface area contributed by atoms with Gasteiger partial charge in [0.1, 0.15) is 0 Å². The van der Waals surface area contributed by atoms with Gasteiger partial charge in [-0.05, 0) is 49.9 Å². The van der Waals surface area contributed by atoms with E-state index >= 15 is 0 Å². The Morgan fingerprint density at radius 3 is 2.20 bits per heavy atom. The average molecular weight is 486 g/mol. The SMILES string of the molecule is CN=C(NCC1CCN(S(C)(=O)=O)CC1)NC1CCC(C)(C)CC1.I. The maximum absolute atomic E-state index is 11.6. The molecule has 1 heterocycles. The number of halogens is 1. The molecule has 0 unspecified atom stereocenters. The van der Waals surface area contributed by atoms with Gasteiger partial charge in [0.05, 0.1) is 6.26 Å². The Morgan fingerprint density at radius 1 is 1.16 bits per heavy atom. The quantitative estimate of drug-likeness (QED) is 0.364. The standard InChI is InChI=1S/C17H34N4O2S.HI/c1-17(2)9-5-15(6-10-17)20-16(18-3)19-13-14-7-11-21(12-8-14)24(4,22)23;/h14-15H,5-13H2,1-4H3,(H2,18,19,20);1H. The van der Waals surface area contributed by atoms with E-state index in [9.17, 15) is 8.42 Å². The molecular formula is C17H35IN4O2S. The molecule has 0 radical (unpaired) electrons. The van der Waals surface area contributed by atoms with Gasteiger partial charge in [0.2, 0.25) is 10.0 Å². The Labute approximate surface area is 170 Å². The summed E-state index contributed by atoms with van der Waals surface area (Å²) in [5.41, 5.74) is 0.475. The summed E-state index contributed by atoms with van der Waals surface area (Å²) in [6.07, 6.45) is 8.02. The number of hydrogen-bond donors (Lipinski definition) is 2. The van der Waals surface area contributed by atoms with Crippen LogP contribution in [-0.4, -0.2) is 57.7 Å². The van der Waals surface area contributed by atoms with E-state index in [1.807, 2.05) is 7.05 Å². The second kappa shape index (κ2) is 9.73. The van der Waals surface area contributed by atoms with Crippen LogP contribution in [-0.2, 0) is 10.0 Å². The number of sulfonamides is 1. The summed E-state index contributed by atoms with van der Waals surface area (Å²) in [5.74, 6) is 1.39. The average Bonchev–Trinajstić information content (AvgIpc) is 2.52. The van der Waals surface area contributed by atoms with E-state index < -0.39 is 10.0 Å². The lowest BCUT2D eigenvalue weighted by Crippen LogP contribution is -2.48. The highest BCUT2D eigenvalue weighted by atomic mass is 127. The third kappa shape index (κ3) is 7.58. The third-order valence-corrected chi connectivity index (χ3v) is 6.81. The Balaban J connectivity index is 0.00000312. The topological polar surface area (TPSA) is 73.8 Å². The van der Waals surface area contributed by atoms with Crippen molar-refractivity contribution in [1.82, 2.24) is 14.9 Å². The monoisotopic (exact) mass is 486 g/mol. The first-order valence-corrected chi connectivity index (χ1v) is 11.0. The fraction of sp³-hybridized carbons (Fsp3) is 0.941. The number of nitrogens with one attached hydrogen (secondary N) is 2. The minimum absolute atomic E-state index is 0. The van der Waals surface area contributed by atoms with Gasteiger partial charge in [-0.3, -0.25) is 4.99 Å². The molecular weight excluding hydrogens is 451 g/mol. The molecule has 1 saturated heterocycles. The zero-order valence-electron chi connectivity index (χ0n) is 16.0. The van der Waals surface area contributed by atoms with Crippen LogP contribution in [0.25, 0.3) is 0 Å². The lowest BCUT2D eigenvalue weighted by atomic mass is 9.75. The second-order valence-electron chi connectivity index (χ2n) is 8.14. The molecule has 2 aliphatic rings. The van der Waals surface area contributed by atoms with Gasteiger partial charge in [0.25, 0.3) is 0 Å². The smallest absolute Gasteiger partial charge is 0.211 e. The maximum atomic E-state index is 11.6. The number of rotatable bonds is 4. The van der Waals surface area contributed by atoms with Gasteiger partial charge < -0.3 is 10.6 Å². The van der Waals surface area contributed by atoms with Crippen LogP contribution in [0.4, 0.5) is 0 Å². The van der Waals surface area contributed by atoms with Crippen LogP contribution in [0.15, 0.2) is 4.99 Å². The van der Waals surface area contributed by atoms with Crippen molar-refractivity contribution in [3.05, 3.63) is 0 Å². The molecule has 2 rings (SSSR count). The highest BCUT2D eigenvalue weighted by Crippen LogP contribution is 2.34. The predicted molar refractivity (Wildman–Crippen MR) is 115 cm³/mol. The van der Waals surface area contributed by atoms with Crippen molar-refractivity contribution in [2.75, 3.05) is 32.9 Å². The summed E-state index contributed by atoms with van der Waals surface area (Å²) in [4.78, 5) is 4.35. The fourth-order valence-electron chi connectivity index (χ4n) is 3.62. The van der Waals surface area contributed by atoms with E-state index in [2.05, 4.69) is 29.5 Å². The van der Waals surface area contributed by atoms with E-state index in [0.29, 0.717) is 30.5 Å². The van der Waals surface area contributed by atoms with Crippen molar-refractivity contribution in [3.8, 4) is 0 Å². The number of guanidine groups is 1. The van der Waals surface area contributed by atoms with Gasteiger partial charge in [-0.1, -0.05) is 13.8 Å². The minimum atomic E-state index is -3.04. The van der Waals surface area contributed by atoms with Crippen LogP contribution in [0.2, 0.25) is 0 Å². The van der Waals surface area contributed by atoms with Crippen LogP contribution in [0.5, 0.6) is 0 Å². The molecule has 0 aromatic heterocycles. The van der Waals surface area contributed by atoms with Gasteiger partial charge in [-0.15, -0.1) is 24.0 Å². The van der Waals surface area contributed by atoms with Gasteiger partial charge >= 0.3 is 0 Å². The molecule has 2 fully saturated rings. The fourth-order valence-corrected chi connectivity index (χ4v) is 4.49. The Kier molecular flexibility index (Phi) is 8.93. The zero-order chi connectivity index (χ0) is 17.8. The maximum Gasteiger partial charge on any atom is 0.211 e. The molecule has 6 nitrogen and oxygen atoms in total. The molecule has 25 heavy (non-hydrogen) atoms. The van der Waals surface area contributed by atoms with Crippen molar-refractivity contribution >= 4 is 40.0 Å². The Bertz CT molecular complexity index is 533. The number of hydrogen-bond acceptors (Lipinski definition) is 3. The largest absolute Gasteiger partial charge is 0.356 e. The summed E-state index contributed by atoms with van der Waals surface area (Å²) in [5, 5.41) is 6.98. The summed E-state index contributed by atoms with van der Waals surface area (Å²) in [6, 6.07) is 0.510. The molecule has 0 spiro atoms. The molecule has 1 aliphatic heterocycles. The lowest BCUT2D eigenvalue weighted by molar-refractivity contribution is 0.216. The second-order valence-corrected chi connectivity index (χ2v) is 10.1. The third-order valence-electron chi connectivity index (χ3n) is 5.50. The summed E-state index contributed by atoms with van der Waals surface area (Å²) in [7, 11) is -1.22. The molecule has 1 saturated carbocycles. The predicted octanol–water partition coefficient (Wildman–Crippen LogP) is 2.41. The van der Waals surface area contributed by atoms with Gasteiger partial charge in [-0.2, -0.15) is 0 Å². The van der Waals surface area contributed by atoms with Crippen LogP contribution < -0.4 is 10.6 Å². The lowest BCUT2D eigenvalue weighted by Gasteiger charge is -2.35. The molecule has 0 amide bonds. The molecule has 0 aromatic rings. The molecule has 0 aromatic carbocycles. The normalized spacial score (nSPS) is 23.8. The van der Waals surface area contributed by atoms with Crippen molar-refractivity contribution in [2.45, 2.75) is 58.4 Å². The number of nitrogens with zero attached hydrogens (tertiary/aromatic N) is 2. The molecule has 0 bridgehead atoms. The van der Waals surface area contributed by atoms with E-state index in [1.54, 1.807) is 4.31 Å². The number of piperidine rings is 1. The van der Waals surface area contributed by atoms with Crippen LogP contribution in [0.3, 0.4) is 0 Å². The molecule has 0 atom stereocenters. The van der Waals surface area contributed by atoms with Gasteiger partial charge in [-0.25, -0.2) is 12.7 Å².